The monoisotopic (exact) mass is 363 g/mol. The Bertz CT molecular complexity index is 863. The Morgan fingerprint density at radius 2 is 2.28 bits per heavy atom. The van der Waals surface area contributed by atoms with Crippen molar-refractivity contribution in [2.75, 3.05) is 6.54 Å². The normalized spacial score (nSPS) is 21.1. The Kier molecular flexibility index (Phi) is 3.72. The average molecular weight is 364 g/mol. The Morgan fingerprint density at radius 3 is 2.96 bits per heavy atom. The number of amides is 1. The van der Waals surface area contributed by atoms with Crippen LogP contribution in [0.15, 0.2) is 27.6 Å². The van der Waals surface area contributed by atoms with Gasteiger partial charge in [0.05, 0.1) is 6.54 Å². The number of hydrogen-bond acceptors (Lipinski definition) is 6. The molecule has 7 nitrogen and oxygen atoms in total. The predicted molar refractivity (Wildman–Crippen MR) is 87.5 cm³/mol. The molecule has 0 aliphatic carbocycles. The number of carbonyl (C=O) groups is 1. The highest BCUT2D eigenvalue weighted by atomic mass is 35.5. The number of amidine groups is 1. The maximum absolute atomic E-state index is 13.4. The van der Waals surface area contributed by atoms with Crippen molar-refractivity contribution in [1.29, 1.82) is 0 Å². The lowest BCUT2D eigenvalue weighted by molar-refractivity contribution is -0.123. The number of nitrogens with one attached hydrogen (secondary N) is 1. The van der Waals surface area contributed by atoms with Gasteiger partial charge in [0, 0.05) is 31.5 Å². The molecule has 2 aliphatic rings. The van der Waals surface area contributed by atoms with E-state index in [0.29, 0.717) is 41.9 Å². The minimum Gasteiger partial charge on any atom is -0.424 e. The molecule has 4 rings (SSSR count). The molecule has 2 aliphatic heterocycles. The highest BCUT2D eigenvalue weighted by Crippen LogP contribution is 2.41. The van der Waals surface area contributed by atoms with Gasteiger partial charge < -0.3 is 14.6 Å². The molecule has 0 radical (unpaired) electrons. The van der Waals surface area contributed by atoms with E-state index in [1.54, 1.807) is 13.0 Å². The topological polar surface area (TPSA) is 83.6 Å². The molecular formula is C16H15ClFN5O2. The zero-order valence-corrected chi connectivity index (χ0v) is 14.2. The lowest BCUT2D eigenvalue weighted by atomic mass is 10.0. The SMILES string of the molecule is Cc1nnc(CN2CCC3(C(=O)NCc4cc(F)cc(Cl)c4)N=C23)o1. The molecule has 2 aromatic rings. The van der Waals surface area contributed by atoms with Gasteiger partial charge in [-0.2, -0.15) is 0 Å². The van der Waals surface area contributed by atoms with Crippen molar-refractivity contribution < 1.29 is 13.6 Å². The van der Waals surface area contributed by atoms with Crippen LogP contribution in [0.3, 0.4) is 0 Å². The Labute approximate surface area is 147 Å². The third-order valence-corrected chi connectivity index (χ3v) is 4.52. The smallest absolute Gasteiger partial charge is 0.256 e. The lowest BCUT2D eigenvalue weighted by Gasteiger charge is -2.11. The van der Waals surface area contributed by atoms with Crippen molar-refractivity contribution in [3.63, 3.8) is 0 Å². The average Bonchev–Trinajstić information content (AvgIpc) is 3.00. The van der Waals surface area contributed by atoms with Gasteiger partial charge >= 0.3 is 0 Å². The molecule has 1 saturated heterocycles. The van der Waals surface area contributed by atoms with E-state index in [1.807, 2.05) is 4.90 Å². The second-order valence-electron chi connectivity index (χ2n) is 6.14. The van der Waals surface area contributed by atoms with Gasteiger partial charge in [0.25, 0.3) is 5.91 Å². The third-order valence-electron chi connectivity index (χ3n) is 4.30. The number of benzene rings is 1. The molecule has 0 spiro atoms. The largest absolute Gasteiger partial charge is 0.424 e. The Morgan fingerprint density at radius 1 is 1.44 bits per heavy atom. The molecule has 25 heavy (non-hydrogen) atoms. The first-order valence-electron chi connectivity index (χ1n) is 7.84. The summed E-state index contributed by atoms with van der Waals surface area (Å²) in [4.78, 5) is 18.9. The van der Waals surface area contributed by atoms with E-state index in [2.05, 4.69) is 20.5 Å². The number of aliphatic imine (C=N–C) groups is 1. The number of likely N-dealkylation sites (tertiary alicyclic amines) is 1. The summed E-state index contributed by atoms with van der Waals surface area (Å²) >= 11 is 5.82. The summed E-state index contributed by atoms with van der Waals surface area (Å²) in [5.74, 6) is 1.12. The summed E-state index contributed by atoms with van der Waals surface area (Å²) in [5.41, 5.74) is -0.195. The maximum Gasteiger partial charge on any atom is 0.256 e. The van der Waals surface area contributed by atoms with E-state index in [0.717, 1.165) is 5.84 Å². The molecule has 130 valence electrons. The van der Waals surface area contributed by atoms with Crippen molar-refractivity contribution in [3.8, 4) is 0 Å². The Hall–Kier alpha value is -2.48. The molecule has 1 aromatic carbocycles. The second-order valence-corrected chi connectivity index (χ2v) is 6.58. The highest BCUT2D eigenvalue weighted by Gasteiger charge is 2.60. The van der Waals surface area contributed by atoms with Crippen molar-refractivity contribution in [2.45, 2.75) is 32.0 Å². The second kappa shape index (κ2) is 5.80. The van der Waals surface area contributed by atoms with Gasteiger partial charge in [-0.1, -0.05) is 11.6 Å². The van der Waals surface area contributed by atoms with Gasteiger partial charge in [-0.05, 0) is 23.8 Å². The van der Waals surface area contributed by atoms with Gasteiger partial charge in [-0.25, -0.2) is 9.38 Å². The van der Waals surface area contributed by atoms with E-state index >= 15 is 0 Å². The van der Waals surface area contributed by atoms with Crippen LogP contribution in [-0.4, -0.2) is 38.9 Å². The minimum atomic E-state index is -0.799. The van der Waals surface area contributed by atoms with Crippen LogP contribution < -0.4 is 5.32 Å². The summed E-state index contributed by atoms with van der Waals surface area (Å²) in [6, 6.07) is 4.19. The summed E-state index contributed by atoms with van der Waals surface area (Å²) < 4.78 is 18.7. The molecule has 1 unspecified atom stereocenters. The van der Waals surface area contributed by atoms with Crippen molar-refractivity contribution in [3.05, 3.63) is 46.4 Å². The number of rotatable bonds is 5. The summed E-state index contributed by atoms with van der Waals surface area (Å²) in [6.07, 6.45) is 0.602. The third kappa shape index (κ3) is 2.97. The molecule has 1 atom stereocenters. The number of halogens is 2. The van der Waals surface area contributed by atoms with Crippen LogP contribution in [0.4, 0.5) is 4.39 Å². The quantitative estimate of drug-likeness (QED) is 0.876. The number of aryl methyl sites for hydroxylation is 1. The fraction of sp³-hybridized carbons (Fsp3) is 0.375. The van der Waals surface area contributed by atoms with Crippen LogP contribution in [0.1, 0.15) is 23.8 Å². The fourth-order valence-electron chi connectivity index (χ4n) is 3.08. The highest BCUT2D eigenvalue weighted by molar-refractivity contribution is 6.30. The van der Waals surface area contributed by atoms with Gasteiger partial charge in [0.15, 0.2) is 5.54 Å². The van der Waals surface area contributed by atoms with Gasteiger partial charge in [-0.15, -0.1) is 10.2 Å². The molecule has 1 N–H and O–H groups in total. The standard InChI is InChI=1S/C16H15ClFN5O2/c1-9-21-22-13(25-9)8-23-3-2-16(14(23)20-16)15(24)19-7-10-4-11(17)6-12(18)5-10/h4-6H,2-3,7-8H2,1H3,(H,19,24). The van der Waals surface area contributed by atoms with E-state index in [4.69, 9.17) is 16.0 Å². The van der Waals surface area contributed by atoms with Crippen LogP contribution in [0.5, 0.6) is 0 Å². The van der Waals surface area contributed by atoms with E-state index in [-0.39, 0.29) is 12.5 Å². The maximum atomic E-state index is 13.4. The number of fused-ring (bicyclic) bond motifs is 1. The van der Waals surface area contributed by atoms with Gasteiger partial charge in [-0.3, -0.25) is 4.79 Å². The summed E-state index contributed by atoms with van der Waals surface area (Å²) in [7, 11) is 0. The van der Waals surface area contributed by atoms with Crippen LogP contribution in [0, 0.1) is 12.7 Å². The molecule has 1 aromatic heterocycles. The molecule has 1 fully saturated rings. The molecular weight excluding hydrogens is 349 g/mol. The van der Waals surface area contributed by atoms with Crippen molar-refractivity contribution in [1.82, 2.24) is 20.4 Å². The number of aromatic nitrogens is 2. The first kappa shape index (κ1) is 16.0. The Balaban J connectivity index is 1.36. The lowest BCUT2D eigenvalue weighted by Crippen LogP contribution is -2.39. The van der Waals surface area contributed by atoms with Crippen LogP contribution in [0.25, 0.3) is 0 Å². The predicted octanol–water partition coefficient (Wildman–Crippen LogP) is 1.84. The minimum absolute atomic E-state index is 0.188. The van der Waals surface area contributed by atoms with Crippen molar-refractivity contribution >= 4 is 23.3 Å². The van der Waals surface area contributed by atoms with Crippen molar-refractivity contribution in [2.24, 2.45) is 4.99 Å². The number of nitrogens with zero attached hydrogens (tertiary/aromatic N) is 4. The molecule has 9 heteroatoms. The summed E-state index contributed by atoms with van der Waals surface area (Å²) in [6.45, 7) is 3.06. The molecule has 3 heterocycles. The van der Waals surface area contributed by atoms with Crippen LogP contribution in [-0.2, 0) is 17.9 Å². The van der Waals surface area contributed by atoms with E-state index < -0.39 is 11.4 Å². The van der Waals surface area contributed by atoms with Crippen LogP contribution >= 0.6 is 11.6 Å². The molecule has 0 saturated carbocycles. The number of carbonyl (C=O) groups excluding carboxylic acids is 1. The number of hydrogen-bond donors (Lipinski definition) is 1. The van der Waals surface area contributed by atoms with Crippen LogP contribution in [0.2, 0.25) is 5.02 Å². The van der Waals surface area contributed by atoms with Gasteiger partial charge in [0.1, 0.15) is 11.7 Å². The molecule has 0 bridgehead atoms. The van der Waals surface area contributed by atoms with E-state index in [9.17, 15) is 9.18 Å². The van der Waals surface area contributed by atoms with E-state index in [1.165, 1.54) is 12.1 Å². The summed E-state index contributed by atoms with van der Waals surface area (Å²) in [5, 5.41) is 10.9. The van der Waals surface area contributed by atoms with Gasteiger partial charge in [0.2, 0.25) is 11.8 Å². The first-order valence-corrected chi connectivity index (χ1v) is 8.22. The zero-order valence-electron chi connectivity index (χ0n) is 13.4. The molecule has 1 amide bonds. The first-order chi connectivity index (χ1) is 12.0. The fourth-order valence-corrected chi connectivity index (χ4v) is 3.33. The zero-order chi connectivity index (χ0) is 17.6.